The maximum Gasteiger partial charge on any atom is 0.224 e. The van der Waals surface area contributed by atoms with E-state index in [2.05, 4.69) is 10.4 Å². The lowest BCUT2D eigenvalue weighted by Crippen LogP contribution is -2.27. The van der Waals surface area contributed by atoms with Crippen molar-refractivity contribution in [2.45, 2.75) is 26.7 Å². The second-order valence-corrected chi connectivity index (χ2v) is 6.30. The average molecular weight is 351 g/mol. The SMILES string of the molecule is Cc1nn(-c2ccccc2)c(C)c1CC(=O)NCCc1ccc(F)cc1. The highest BCUT2D eigenvalue weighted by Crippen LogP contribution is 2.18. The lowest BCUT2D eigenvalue weighted by Gasteiger charge is -2.07. The first kappa shape index (κ1) is 17.9. The van der Waals surface area contributed by atoms with Crippen LogP contribution in [0.2, 0.25) is 0 Å². The first-order chi connectivity index (χ1) is 12.5. The van der Waals surface area contributed by atoms with Gasteiger partial charge in [-0.05, 0) is 50.1 Å². The van der Waals surface area contributed by atoms with E-state index in [0.29, 0.717) is 19.4 Å². The molecule has 0 unspecified atom stereocenters. The van der Waals surface area contributed by atoms with E-state index in [1.54, 1.807) is 12.1 Å². The first-order valence-electron chi connectivity index (χ1n) is 8.66. The van der Waals surface area contributed by atoms with Crippen molar-refractivity contribution in [3.05, 3.63) is 82.9 Å². The maximum absolute atomic E-state index is 12.9. The zero-order valence-corrected chi connectivity index (χ0v) is 15.0. The summed E-state index contributed by atoms with van der Waals surface area (Å²) in [6.07, 6.45) is 0.973. The molecule has 3 aromatic rings. The fraction of sp³-hybridized carbons (Fsp3) is 0.238. The summed E-state index contributed by atoms with van der Waals surface area (Å²) >= 11 is 0. The predicted molar refractivity (Wildman–Crippen MR) is 99.9 cm³/mol. The number of benzene rings is 2. The van der Waals surface area contributed by atoms with Gasteiger partial charge < -0.3 is 5.32 Å². The van der Waals surface area contributed by atoms with Gasteiger partial charge in [0.15, 0.2) is 0 Å². The van der Waals surface area contributed by atoms with Crippen LogP contribution in [-0.4, -0.2) is 22.2 Å². The van der Waals surface area contributed by atoms with Crippen molar-refractivity contribution in [2.24, 2.45) is 0 Å². The summed E-state index contributed by atoms with van der Waals surface area (Å²) in [5, 5.41) is 7.50. The number of rotatable bonds is 6. The molecular weight excluding hydrogens is 329 g/mol. The fourth-order valence-corrected chi connectivity index (χ4v) is 2.97. The third kappa shape index (κ3) is 4.17. The molecule has 0 fully saturated rings. The van der Waals surface area contributed by atoms with Crippen LogP contribution in [0.1, 0.15) is 22.5 Å². The van der Waals surface area contributed by atoms with Gasteiger partial charge in [-0.15, -0.1) is 0 Å². The lowest BCUT2D eigenvalue weighted by atomic mass is 10.1. The number of hydrogen-bond donors (Lipinski definition) is 1. The number of nitrogens with one attached hydrogen (secondary N) is 1. The molecule has 1 amide bonds. The van der Waals surface area contributed by atoms with Crippen molar-refractivity contribution in [3.8, 4) is 5.69 Å². The summed E-state index contributed by atoms with van der Waals surface area (Å²) in [6, 6.07) is 16.2. The number of halogens is 1. The Morgan fingerprint density at radius 1 is 1.08 bits per heavy atom. The molecule has 1 heterocycles. The van der Waals surface area contributed by atoms with Crippen LogP contribution in [0.5, 0.6) is 0 Å². The van der Waals surface area contributed by atoms with E-state index in [4.69, 9.17) is 0 Å². The molecule has 1 aromatic heterocycles. The third-order valence-corrected chi connectivity index (χ3v) is 4.43. The summed E-state index contributed by atoms with van der Waals surface area (Å²) in [5.41, 5.74) is 4.77. The Bertz CT molecular complexity index is 886. The molecule has 1 N–H and O–H groups in total. The first-order valence-corrected chi connectivity index (χ1v) is 8.66. The second-order valence-electron chi connectivity index (χ2n) is 6.30. The minimum atomic E-state index is -0.251. The largest absolute Gasteiger partial charge is 0.355 e. The number of hydrogen-bond acceptors (Lipinski definition) is 2. The number of para-hydroxylation sites is 1. The normalized spacial score (nSPS) is 10.7. The van der Waals surface area contributed by atoms with Crippen molar-refractivity contribution < 1.29 is 9.18 Å². The van der Waals surface area contributed by atoms with Gasteiger partial charge in [0.25, 0.3) is 0 Å². The number of aromatic nitrogens is 2. The van der Waals surface area contributed by atoms with Crippen LogP contribution in [0.4, 0.5) is 4.39 Å². The highest BCUT2D eigenvalue weighted by Gasteiger charge is 2.15. The van der Waals surface area contributed by atoms with Gasteiger partial charge in [-0.2, -0.15) is 5.10 Å². The molecule has 5 heteroatoms. The van der Waals surface area contributed by atoms with Crippen molar-refractivity contribution in [2.75, 3.05) is 6.54 Å². The molecule has 3 rings (SSSR count). The number of carbonyl (C=O) groups excluding carboxylic acids is 1. The Kier molecular flexibility index (Phi) is 5.46. The molecule has 0 atom stereocenters. The highest BCUT2D eigenvalue weighted by atomic mass is 19.1. The Labute approximate surface area is 152 Å². The van der Waals surface area contributed by atoms with Gasteiger partial charge in [0.2, 0.25) is 5.91 Å². The zero-order valence-electron chi connectivity index (χ0n) is 15.0. The quantitative estimate of drug-likeness (QED) is 0.738. The van der Waals surface area contributed by atoms with Gasteiger partial charge in [-0.1, -0.05) is 30.3 Å². The molecule has 4 nitrogen and oxygen atoms in total. The highest BCUT2D eigenvalue weighted by molar-refractivity contribution is 5.79. The maximum atomic E-state index is 12.9. The predicted octanol–water partition coefficient (Wildman–Crippen LogP) is 3.53. The summed E-state index contributed by atoms with van der Waals surface area (Å²) in [5.74, 6) is -0.287. The van der Waals surface area contributed by atoms with Gasteiger partial charge in [0, 0.05) is 17.8 Å². The van der Waals surface area contributed by atoms with Crippen LogP contribution in [0.15, 0.2) is 54.6 Å². The Morgan fingerprint density at radius 3 is 2.46 bits per heavy atom. The lowest BCUT2D eigenvalue weighted by molar-refractivity contribution is -0.120. The molecule has 134 valence electrons. The Balaban J connectivity index is 1.61. The number of nitrogens with zero attached hydrogens (tertiary/aromatic N) is 2. The molecule has 0 aliphatic heterocycles. The van der Waals surface area contributed by atoms with E-state index in [9.17, 15) is 9.18 Å². The van der Waals surface area contributed by atoms with Crippen molar-refractivity contribution in [3.63, 3.8) is 0 Å². The molecule has 0 radical (unpaired) electrons. The molecule has 26 heavy (non-hydrogen) atoms. The minimum Gasteiger partial charge on any atom is -0.355 e. The van der Waals surface area contributed by atoms with Crippen molar-refractivity contribution in [1.29, 1.82) is 0 Å². The Hall–Kier alpha value is -2.95. The molecule has 0 aliphatic rings. The van der Waals surface area contributed by atoms with Crippen LogP contribution in [-0.2, 0) is 17.6 Å². The number of carbonyl (C=O) groups is 1. The van der Waals surface area contributed by atoms with E-state index in [1.165, 1.54) is 12.1 Å². The zero-order chi connectivity index (χ0) is 18.5. The molecule has 2 aromatic carbocycles. The molecule has 0 saturated heterocycles. The number of aryl methyl sites for hydroxylation is 1. The second kappa shape index (κ2) is 7.95. The van der Waals surface area contributed by atoms with Crippen LogP contribution >= 0.6 is 0 Å². The van der Waals surface area contributed by atoms with E-state index in [-0.39, 0.29) is 11.7 Å². The molecular formula is C21H22FN3O. The van der Waals surface area contributed by atoms with Gasteiger partial charge in [0.05, 0.1) is 17.8 Å². The molecule has 0 aliphatic carbocycles. The monoisotopic (exact) mass is 351 g/mol. The fourth-order valence-electron chi connectivity index (χ4n) is 2.97. The minimum absolute atomic E-state index is 0.0362. The van der Waals surface area contributed by atoms with Crippen molar-refractivity contribution >= 4 is 5.91 Å². The van der Waals surface area contributed by atoms with Crippen LogP contribution in [0.25, 0.3) is 5.69 Å². The van der Waals surface area contributed by atoms with E-state index < -0.39 is 0 Å². The summed E-state index contributed by atoms with van der Waals surface area (Å²) in [6.45, 7) is 4.43. The van der Waals surface area contributed by atoms with Gasteiger partial charge in [-0.3, -0.25) is 4.79 Å². The van der Waals surface area contributed by atoms with E-state index >= 15 is 0 Å². The molecule has 0 saturated carbocycles. The van der Waals surface area contributed by atoms with E-state index in [0.717, 1.165) is 28.2 Å². The van der Waals surface area contributed by atoms with Crippen LogP contribution < -0.4 is 5.32 Å². The topological polar surface area (TPSA) is 46.9 Å². The standard InChI is InChI=1S/C21H22FN3O/c1-15-20(16(2)25(24-15)19-6-4-3-5-7-19)14-21(26)23-13-12-17-8-10-18(22)11-9-17/h3-11H,12-14H2,1-2H3,(H,23,26). The molecule has 0 spiro atoms. The van der Waals surface area contributed by atoms with Gasteiger partial charge in [0.1, 0.15) is 5.82 Å². The third-order valence-electron chi connectivity index (χ3n) is 4.43. The smallest absolute Gasteiger partial charge is 0.224 e. The molecule has 0 bridgehead atoms. The van der Waals surface area contributed by atoms with E-state index in [1.807, 2.05) is 48.9 Å². The van der Waals surface area contributed by atoms with Crippen LogP contribution in [0.3, 0.4) is 0 Å². The van der Waals surface area contributed by atoms with Crippen molar-refractivity contribution in [1.82, 2.24) is 15.1 Å². The number of amides is 1. The van der Waals surface area contributed by atoms with Gasteiger partial charge in [-0.25, -0.2) is 9.07 Å². The summed E-state index contributed by atoms with van der Waals surface area (Å²) in [7, 11) is 0. The summed E-state index contributed by atoms with van der Waals surface area (Å²) < 4.78 is 14.8. The van der Waals surface area contributed by atoms with Gasteiger partial charge >= 0.3 is 0 Å². The summed E-state index contributed by atoms with van der Waals surface area (Å²) in [4.78, 5) is 12.3. The Morgan fingerprint density at radius 2 is 1.77 bits per heavy atom. The van der Waals surface area contributed by atoms with Crippen LogP contribution in [0, 0.1) is 19.7 Å². The average Bonchev–Trinajstić information content (AvgIpc) is 2.92.